The molecule has 20 heavy (non-hydrogen) atoms. The fourth-order valence-corrected chi connectivity index (χ4v) is 2.11. The number of hydrogen-bond donors (Lipinski definition) is 1. The van der Waals surface area contributed by atoms with Crippen molar-refractivity contribution in [1.82, 2.24) is 4.98 Å². The van der Waals surface area contributed by atoms with E-state index in [0.717, 1.165) is 22.4 Å². The Kier molecular flexibility index (Phi) is 4.51. The second-order valence-electron chi connectivity index (χ2n) is 4.52. The van der Waals surface area contributed by atoms with E-state index in [9.17, 15) is 0 Å². The minimum atomic E-state index is 0.965. The third kappa shape index (κ3) is 3.23. The van der Waals surface area contributed by atoms with Gasteiger partial charge in [0.25, 0.3) is 0 Å². The van der Waals surface area contributed by atoms with Crippen LogP contribution in [0, 0.1) is 6.92 Å². The molecule has 1 aromatic carbocycles. The third-order valence-electron chi connectivity index (χ3n) is 2.94. The predicted molar refractivity (Wildman–Crippen MR) is 85.9 cm³/mol. The summed E-state index contributed by atoms with van der Waals surface area (Å²) in [4.78, 5) is 4.40. The molecule has 0 saturated carbocycles. The molecule has 0 atom stereocenters. The summed E-state index contributed by atoms with van der Waals surface area (Å²) < 4.78 is 0. The molecule has 2 rings (SSSR count). The summed E-state index contributed by atoms with van der Waals surface area (Å²) >= 11 is 0. The molecule has 2 aromatic rings. The van der Waals surface area contributed by atoms with Gasteiger partial charge < -0.3 is 5.73 Å². The van der Waals surface area contributed by atoms with Crippen LogP contribution in [0.15, 0.2) is 73.6 Å². The van der Waals surface area contributed by atoms with Gasteiger partial charge >= 0.3 is 0 Å². The molecule has 0 fully saturated rings. The molecule has 2 nitrogen and oxygen atoms in total. The van der Waals surface area contributed by atoms with Crippen LogP contribution in [0.5, 0.6) is 0 Å². The maximum Gasteiger partial charge on any atom is 0.0702 e. The van der Waals surface area contributed by atoms with Gasteiger partial charge in [-0.3, -0.25) is 4.98 Å². The van der Waals surface area contributed by atoms with Crippen molar-refractivity contribution < 1.29 is 0 Å². The summed E-state index contributed by atoms with van der Waals surface area (Å²) in [5.74, 6) is 0. The SMILES string of the molecule is C=C/C=C(\C=C/N)c1cc(C)cc(-c2ccccn2)c1. The van der Waals surface area contributed by atoms with E-state index in [4.69, 9.17) is 5.73 Å². The Balaban J connectivity index is 2.54. The fourth-order valence-electron chi connectivity index (χ4n) is 2.11. The summed E-state index contributed by atoms with van der Waals surface area (Å²) in [6.07, 6.45) is 8.92. The van der Waals surface area contributed by atoms with E-state index >= 15 is 0 Å². The predicted octanol–water partition coefficient (Wildman–Crippen LogP) is 4.10. The average Bonchev–Trinajstić information content (AvgIpc) is 2.47. The Morgan fingerprint density at radius 2 is 2.10 bits per heavy atom. The van der Waals surface area contributed by atoms with Crippen molar-refractivity contribution in [2.24, 2.45) is 5.73 Å². The third-order valence-corrected chi connectivity index (χ3v) is 2.94. The Morgan fingerprint density at radius 3 is 2.75 bits per heavy atom. The molecule has 100 valence electrons. The lowest BCUT2D eigenvalue weighted by Crippen LogP contribution is -1.89. The number of hydrogen-bond acceptors (Lipinski definition) is 2. The monoisotopic (exact) mass is 262 g/mol. The first-order valence-corrected chi connectivity index (χ1v) is 6.49. The van der Waals surface area contributed by atoms with Crippen LogP contribution in [-0.4, -0.2) is 4.98 Å². The molecule has 0 unspecified atom stereocenters. The Morgan fingerprint density at radius 1 is 1.25 bits per heavy atom. The molecule has 1 aromatic heterocycles. The van der Waals surface area contributed by atoms with Crippen LogP contribution in [-0.2, 0) is 0 Å². The molecule has 0 aliphatic carbocycles. The van der Waals surface area contributed by atoms with Gasteiger partial charge in [0.1, 0.15) is 0 Å². The molecule has 2 N–H and O–H groups in total. The van der Waals surface area contributed by atoms with Crippen LogP contribution in [0.1, 0.15) is 11.1 Å². The van der Waals surface area contributed by atoms with E-state index in [2.05, 4.69) is 36.7 Å². The van der Waals surface area contributed by atoms with Crippen LogP contribution in [0.25, 0.3) is 16.8 Å². The zero-order valence-corrected chi connectivity index (χ0v) is 11.6. The largest absolute Gasteiger partial charge is 0.405 e. The van der Waals surface area contributed by atoms with Crippen LogP contribution < -0.4 is 5.73 Å². The number of nitrogens with two attached hydrogens (primary N) is 1. The molecule has 0 radical (unpaired) electrons. The lowest BCUT2D eigenvalue weighted by atomic mass is 9.98. The van der Waals surface area contributed by atoms with Crippen molar-refractivity contribution in [2.45, 2.75) is 6.92 Å². The molecule has 0 saturated heterocycles. The highest BCUT2D eigenvalue weighted by molar-refractivity contribution is 5.78. The minimum absolute atomic E-state index is 0.965. The summed E-state index contributed by atoms with van der Waals surface area (Å²) in [6.45, 7) is 5.82. The summed E-state index contributed by atoms with van der Waals surface area (Å²) in [6, 6.07) is 12.3. The first-order chi connectivity index (χ1) is 9.74. The normalized spacial score (nSPS) is 11.8. The number of benzene rings is 1. The van der Waals surface area contributed by atoms with Gasteiger partial charge in [0, 0.05) is 11.8 Å². The van der Waals surface area contributed by atoms with Gasteiger partial charge in [-0.1, -0.05) is 30.9 Å². The summed E-state index contributed by atoms with van der Waals surface area (Å²) in [5.41, 5.74) is 10.9. The van der Waals surface area contributed by atoms with Gasteiger partial charge in [0.05, 0.1) is 5.69 Å². The van der Waals surface area contributed by atoms with Crippen LogP contribution in [0.2, 0.25) is 0 Å². The molecule has 1 heterocycles. The molecular formula is C18H18N2. The van der Waals surface area contributed by atoms with Crippen molar-refractivity contribution in [3.63, 3.8) is 0 Å². The smallest absolute Gasteiger partial charge is 0.0702 e. The number of pyridine rings is 1. The van der Waals surface area contributed by atoms with Gasteiger partial charge in [-0.2, -0.15) is 0 Å². The first kappa shape index (κ1) is 13.8. The van der Waals surface area contributed by atoms with Gasteiger partial charge in [-0.15, -0.1) is 0 Å². The maximum atomic E-state index is 5.52. The maximum absolute atomic E-state index is 5.52. The van der Waals surface area contributed by atoms with Crippen molar-refractivity contribution in [3.8, 4) is 11.3 Å². The van der Waals surface area contributed by atoms with Crippen LogP contribution in [0.3, 0.4) is 0 Å². The molecular weight excluding hydrogens is 244 g/mol. The van der Waals surface area contributed by atoms with E-state index in [0.29, 0.717) is 0 Å². The summed E-state index contributed by atoms with van der Waals surface area (Å²) in [5, 5.41) is 0. The van der Waals surface area contributed by atoms with Crippen LogP contribution in [0.4, 0.5) is 0 Å². The number of aryl methyl sites for hydroxylation is 1. The number of nitrogens with zero attached hydrogens (tertiary/aromatic N) is 1. The number of aromatic nitrogens is 1. The van der Waals surface area contributed by atoms with Crippen molar-refractivity contribution in [2.75, 3.05) is 0 Å². The van der Waals surface area contributed by atoms with Crippen molar-refractivity contribution in [3.05, 3.63) is 84.7 Å². The topological polar surface area (TPSA) is 38.9 Å². The Hall–Kier alpha value is -2.61. The van der Waals surface area contributed by atoms with Gasteiger partial charge in [0.15, 0.2) is 0 Å². The molecule has 0 amide bonds. The van der Waals surface area contributed by atoms with E-state index in [1.54, 1.807) is 12.3 Å². The molecule has 0 spiro atoms. The molecule has 0 aliphatic heterocycles. The highest BCUT2D eigenvalue weighted by Crippen LogP contribution is 2.25. The first-order valence-electron chi connectivity index (χ1n) is 6.49. The van der Waals surface area contributed by atoms with Crippen molar-refractivity contribution >= 4 is 5.57 Å². The van der Waals surface area contributed by atoms with Gasteiger partial charge in [-0.05, 0) is 60.2 Å². The lowest BCUT2D eigenvalue weighted by molar-refractivity contribution is 1.31. The average molecular weight is 262 g/mol. The van der Waals surface area contributed by atoms with Crippen LogP contribution >= 0.6 is 0 Å². The highest BCUT2D eigenvalue weighted by Gasteiger charge is 2.04. The van der Waals surface area contributed by atoms with E-state index in [-0.39, 0.29) is 0 Å². The molecule has 0 aliphatic rings. The number of allylic oxidation sites excluding steroid dienone is 4. The number of rotatable bonds is 4. The molecule has 0 bridgehead atoms. The summed E-state index contributed by atoms with van der Waals surface area (Å²) in [7, 11) is 0. The Labute approximate surface area is 120 Å². The van der Waals surface area contributed by atoms with Gasteiger partial charge in [0.2, 0.25) is 0 Å². The minimum Gasteiger partial charge on any atom is -0.405 e. The Bertz CT molecular complexity index is 652. The lowest BCUT2D eigenvalue weighted by Gasteiger charge is -2.08. The van der Waals surface area contributed by atoms with E-state index in [1.807, 2.05) is 30.4 Å². The van der Waals surface area contributed by atoms with Crippen molar-refractivity contribution in [1.29, 1.82) is 0 Å². The quantitative estimate of drug-likeness (QED) is 0.842. The zero-order valence-electron chi connectivity index (χ0n) is 11.6. The van der Waals surface area contributed by atoms with E-state index < -0.39 is 0 Å². The fraction of sp³-hybridized carbons (Fsp3) is 0.0556. The van der Waals surface area contributed by atoms with E-state index in [1.165, 1.54) is 11.8 Å². The highest BCUT2D eigenvalue weighted by atomic mass is 14.7. The van der Waals surface area contributed by atoms with Gasteiger partial charge in [-0.25, -0.2) is 0 Å². The molecule has 2 heteroatoms. The second-order valence-corrected chi connectivity index (χ2v) is 4.52. The zero-order chi connectivity index (χ0) is 14.4. The second kappa shape index (κ2) is 6.53. The standard InChI is InChI=1S/C18H18N2/c1-3-6-15(8-9-19)16-11-14(2)12-17(13-16)18-7-4-5-10-20-18/h3-13H,1,19H2,2H3/b9-8-,15-6+.